The summed E-state index contributed by atoms with van der Waals surface area (Å²) in [7, 11) is 1.76. The van der Waals surface area contributed by atoms with Crippen LogP contribution in [0.2, 0.25) is 5.15 Å². The first-order valence-electron chi connectivity index (χ1n) is 5.93. The third-order valence-corrected chi connectivity index (χ3v) is 3.60. The Balaban J connectivity index is 2.13. The molecule has 0 aliphatic carbocycles. The molecule has 0 radical (unpaired) electrons. The fraction of sp³-hybridized carbons (Fsp3) is 0.667. The quantitative estimate of drug-likeness (QED) is 0.777. The monoisotopic (exact) mass is 255 g/mol. The van der Waals surface area contributed by atoms with E-state index in [0.717, 1.165) is 31.1 Å². The van der Waals surface area contributed by atoms with E-state index in [0.29, 0.717) is 11.1 Å². The summed E-state index contributed by atoms with van der Waals surface area (Å²) in [6.45, 7) is 4.81. The van der Waals surface area contributed by atoms with Crippen molar-refractivity contribution in [3.8, 4) is 0 Å². The van der Waals surface area contributed by atoms with Crippen molar-refractivity contribution >= 4 is 17.4 Å². The van der Waals surface area contributed by atoms with Crippen molar-refractivity contribution in [2.75, 3.05) is 31.7 Å². The Labute approximate surface area is 107 Å². The fourth-order valence-corrected chi connectivity index (χ4v) is 2.50. The maximum absolute atomic E-state index is 6.03. The molecule has 5 heteroatoms. The van der Waals surface area contributed by atoms with Gasteiger partial charge in [0.1, 0.15) is 17.3 Å². The van der Waals surface area contributed by atoms with Crippen LogP contribution in [0.25, 0.3) is 0 Å². The second-order valence-corrected chi connectivity index (χ2v) is 4.88. The van der Waals surface area contributed by atoms with Gasteiger partial charge in [-0.05, 0) is 25.7 Å². The second-order valence-electron chi connectivity index (χ2n) is 4.52. The van der Waals surface area contributed by atoms with Crippen LogP contribution in [0, 0.1) is 12.8 Å². The van der Waals surface area contributed by atoms with Crippen molar-refractivity contribution in [1.82, 2.24) is 9.97 Å². The number of hydrogen-bond donors (Lipinski definition) is 0. The predicted molar refractivity (Wildman–Crippen MR) is 68.6 cm³/mol. The molecule has 0 aromatic carbocycles. The lowest BCUT2D eigenvalue weighted by Crippen LogP contribution is -2.38. The molecule has 2 rings (SSSR count). The molecule has 0 N–H and O–H groups in total. The SMILES string of the molecule is COCC1CCCN(c2ncnc(Cl)c2C)C1. The summed E-state index contributed by atoms with van der Waals surface area (Å²) < 4.78 is 5.23. The molecular formula is C12H18ClN3O. The minimum absolute atomic E-state index is 0.545. The average Bonchev–Trinajstić information content (AvgIpc) is 2.33. The molecule has 94 valence electrons. The molecule has 1 saturated heterocycles. The van der Waals surface area contributed by atoms with E-state index in [9.17, 15) is 0 Å². The summed E-state index contributed by atoms with van der Waals surface area (Å²) in [4.78, 5) is 10.6. The standard InChI is InChI=1S/C12H18ClN3O/c1-9-11(13)14-8-15-12(9)16-5-3-4-10(6-16)7-17-2/h8,10H,3-7H2,1-2H3. The molecule has 1 atom stereocenters. The summed E-state index contributed by atoms with van der Waals surface area (Å²) in [6, 6.07) is 0. The van der Waals surface area contributed by atoms with Crippen molar-refractivity contribution in [3.63, 3.8) is 0 Å². The number of halogens is 1. The van der Waals surface area contributed by atoms with Crippen LogP contribution in [0.1, 0.15) is 18.4 Å². The van der Waals surface area contributed by atoms with E-state index in [4.69, 9.17) is 16.3 Å². The Bertz CT molecular complexity index is 384. The third kappa shape index (κ3) is 2.87. The van der Waals surface area contributed by atoms with Crippen molar-refractivity contribution in [3.05, 3.63) is 17.0 Å². The average molecular weight is 256 g/mol. The van der Waals surface area contributed by atoms with E-state index in [1.165, 1.54) is 19.2 Å². The van der Waals surface area contributed by atoms with Crippen molar-refractivity contribution in [1.29, 1.82) is 0 Å². The molecule has 17 heavy (non-hydrogen) atoms. The van der Waals surface area contributed by atoms with Gasteiger partial charge in [-0.3, -0.25) is 0 Å². The van der Waals surface area contributed by atoms with Crippen molar-refractivity contribution in [2.24, 2.45) is 5.92 Å². The molecule has 2 heterocycles. The predicted octanol–water partition coefficient (Wildman–Crippen LogP) is 2.30. The second kappa shape index (κ2) is 5.65. The van der Waals surface area contributed by atoms with Crippen LogP contribution in [0.4, 0.5) is 5.82 Å². The van der Waals surface area contributed by atoms with Gasteiger partial charge in [-0.2, -0.15) is 0 Å². The Morgan fingerprint density at radius 1 is 1.53 bits per heavy atom. The van der Waals surface area contributed by atoms with E-state index < -0.39 is 0 Å². The summed E-state index contributed by atoms with van der Waals surface area (Å²) >= 11 is 6.03. The molecule has 4 nitrogen and oxygen atoms in total. The number of hydrogen-bond acceptors (Lipinski definition) is 4. The molecular weight excluding hydrogens is 238 g/mol. The largest absolute Gasteiger partial charge is 0.384 e. The van der Waals surface area contributed by atoms with Gasteiger partial charge in [-0.15, -0.1) is 0 Å². The highest BCUT2D eigenvalue weighted by Gasteiger charge is 2.22. The Morgan fingerprint density at radius 3 is 3.12 bits per heavy atom. The summed E-state index contributed by atoms with van der Waals surface area (Å²) in [5, 5.41) is 0.545. The van der Waals surface area contributed by atoms with Gasteiger partial charge in [-0.25, -0.2) is 9.97 Å². The van der Waals surface area contributed by atoms with Crippen LogP contribution >= 0.6 is 11.6 Å². The van der Waals surface area contributed by atoms with E-state index >= 15 is 0 Å². The Morgan fingerprint density at radius 2 is 2.35 bits per heavy atom. The highest BCUT2D eigenvalue weighted by molar-refractivity contribution is 6.30. The molecule has 0 saturated carbocycles. The van der Waals surface area contributed by atoms with Crippen LogP contribution in [-0.4, -0.2) is 36.8 Å². The summed E-state index contributed by atoms with van der Waals surface area (Å²) in [6.07, 6.45) is 3.93. The number of anilines is 1. The fourth-order valence-electron chi connectivity index (χ4n) is 2.37. The van der Waals surface area contributed by atoms with Gasteiger partial charge in [0.15, 0.2) is 0 Å². The molecule has 0 bridgehead atoms. The van der Waals surface area contributed by atoms with Gasteiger partial charge in [-0.1, -0.05) is 11.6 Å². The van der Waals surface area contributed by atoms with Crippen molar-refractivity contribution < 1.29 is 4.74 Å². The van der Waals surface area contributed by atoms with Gasteiger partial charge in [0, 0.05) is 25.8 Å². The summed E-state index contributed by atoms with van der Waals surface area (Å²) in [5.74, 6) is 1.55. The number of methoxy groups -OCH3 is 1. The molecule has 1 aliphatic heterocycles. The van der Waals surface area contributed by atoms with Crippen molar-refractivity contribution in [2.45, 2.75) is 19.8 Å². The van der Waals surface area contributed by atoms with E-state index in [2.05, 4.69) is 14.9 Å². The minimum atomic E-state index is 0.545. The zero-order chi connectivity index (χ0) is 12.3. The highest BCUT2D eigenvalue weighted by Crippen LogP contribution is 2.26. The topological polar surface area (TPSA) is 38.2 Å². The smallest absolute Gasteiger partial charge is 0.137 e. The van der Waals surface area contributed by atoms with E-state index in [1.807, 2.05) is 6.92 Å². The molecule has 0 spiro atoms. The van der Waals surface area contributed by atoms with Gasteiger partial charge in [0.2, 0.25) is 0 Å². The first kappa shape index (κ1) is 12.6. The lowest BCUT2D eigenvalue weighted by molar-refractivity contribution is 0.143. The maximum atomic E-state index is 6.03. The highest BCUT2D eigenvalue weighted by atomic mass is 35.5. The van der Waals surface area contributed by atoms with Gasteiger partial charge in [0.05, 0.1) is 6.61 Å². The van der Waals surface area contributed by atoms with Gasteiger partial charge in [0.25, 0.3) is 0 Å². The Hall–Kier alpha value is -0.870. The molecule has 0 amide bonds. The lowest BCUT2D eigenvalue weighted by atomic mass is 9.99. The van der Waals surface area contributed by atoms with Crippen LogP contribution in [0.15, 0.2) is 6.33 Å². The number of aromatic nitrogens is 2. The molecule has 1 fully saturated rings. The number of ether oxygens (including phenoxy) is 1. The van der Waals surface area contributed by atoms with Crippen LogP contribution in [-0.2, 0) is 4.74 Å². The normalized spacial score (nSPS) is 20.6. The van der Waals surface area contributed by atoms with Crippen LogP contribution in [0.5, 0.6) is 0 Å². The lowest BCUT2D eigenvalue weighted by Gasteiger charge is -2.34. The number of nitrogens with zero attached hydrogens (tertiary/aromatic N) is 3. The van der Waals surface area contributed by atoms with E-state index in [1.54, 1.807) is 7.11 Å². The zero-order valence-corrected chi connectivity index (χ0v) is 11.1. The number of rotatable bonds is 3. The first-order chi connectivity index (χ1) is 8.22. The molecule has 1 unspecified atom stereocenters. The molecule has 1 aliphatic rings. The maximum Gasteiger partial charge on any atom is 0.137 e. The molecule has 1 aromatic rings. The van der Waals surface area contributed by atoms with Gasteiger partial charge < -0.3 is 9.64 Å². The third-order valence-electron chi connectivity index (χ3n) is 3.22. The summed E-state index contributed by atoms with van der Waals surface area (Å²) in [5.41, 5.74) is 0.965. The van der Waals surface area contributed by atoms with E-state index in [-0.39, 0.29) is 0 Å². The van der Waals surface area contributed by atoms with Gasteiger partial charge >= 0.3 is 0 Å². The molecule has 1 aromatic heterocycles. The van der Waals surface area contributed by atoms with Crippen LogP contribution < -0.4 is 4.90 Å². The first-order valence-corrected chi connectivity index (χ1v) is 6.31. The Kier molecular flexibility index (Phi) is 4.18. The zero-order valence-electron chi connectivity index (χ0n) is 10.3. The minimum Gasteiger partial charge on any atom is -0.384 e. The number of piperidine rings is 1. The van der Waals surface area contributed by atoms with Crippen LogP contribution in [0.3, 0.4) is 0 Å².